The van der Waals surface area contributed by atoms with Crippen molar-refractivity contribution in [3.63, 3.8) is 0 Å². The minimum absolute atomic E-state index is 0.139. The molecule has 2 atom stereocenters. The molecule has 6 rings (SSSR count). The summed E-state index contributed by atoms with van der Waals surface area (Å²) in [5, 5.41) is 11.1. The molecule has 0 fully saturated rings. The molecule has 0 aromatic carbocycles. The van der Waals surface area contributed by atoms with Gasteiger partial charge in [-0.3, -0.25) is 4.79 Å². The van der Waals surface area contributed by atoms with E-state index in [1.807, 2.05) is 0 Å². The summed E-state index contributed by atoms with van der Waals surface area (Å²) in [6, 6.07) is 2.57. The lowest BCUT2D eigenvalue weighted by Gasteiger charge is -2.24. The number of anilines is 1. The number of nitrogens with zero attached hydrogens (tertiary/aromatic N) is 8. The van der Waals surface area contributed by atoms with Crippen LogP contribution < -0.4 is 5.32 Å². The molecule has 1 aliphatic carbocycles. The van der Waals surface area contributed by atoms with Gasteiger partial charge in [0.1, 0.15) is 5.69 Å². The molecule has 0 bridgehead atoms. The van der Waals surface area contributed by atoms with Crippen LogP contribution in [0.25, 0.3) is 17.2 Å². The predicted molar refractivity (Wildman–Crippen MR) is 134 cm³/mol. The standard InChI is InChI=1S/C25H19ClF3N9O/c1-24(17-4-7-37(35-17)25(2,28)29)10-14(15-12-32-19-9-18(27)36-38(19)21(15)24)23(39)34-13-8-16(26)20(33-11-13)22-30-5-3-6-31-22/h3-9,11-12,14H,10H2,1-2H3,(H,34,39)/t14-,24-/m1/s1. The summed E-state index contributed by atoms with van der Waals surface area (Å²) in [6.45, 7) is 2.48. The maximum atomic E-state index is 14.1. The molecule has 5 aromatic rings. The zero-order chi connectivity index (χ0) is 27.5. The molecular weight excluding hydrogens is 535 g/mol. The molecule has 0 spiro atoms. The molecule has 10 nitrogen and oxygen atoms in total. The molecule has 39 heavy (non-hydrogen) atoms. The summed E-state index contributed by atoms with van der Waals surface area (Å²) < 4.78 is 44.0. The Labute approximate surface area is 223 Å². The normalized spacial score (nSPS) is 18.9. The fourth-order valence-electron chi connectivity index (χ4n) is 4.96. The number of alkyl halides is 2. The van der Waals surface area contributed by atoms with E-state index in [9.17, 15) is 18.0 Å². The van der Waals surface area contributed by atoms with Gasteiger partial charge in [0.25, 0.3) is 0 Å². The highest BCUT2D eigenvalue weighted by Gasteiger charge is 2.49. The van der Waals surface area contributed by atoms with E-state index < -0.39 is 29.2 Å². The summed E-state index contributed by atoms with van der Waals surface area (Å²) in [6.07, 6.45) is 7.34. The zero-order valence-corrected chi connectivity index (χ0v) is 21.2. The van der Waals surface area contributed by atoms with Crippen molar-refractivity contribution in [3.05, 3.63) is 83.2 Å². The third kappa shape index (κ3) is 4.18. The Balaban J connectivity index is 1.38. The van der Waals surface area contributed by atoms with E-state index in [2.05, 4.69) is 35.5 Å². The van der Waals surface area contributed by atoms with Crippen LogP contribution in [0.4, 0.5) is 18.9 Å². The number of rotatable bonds is 5. The van der Waals surface area contributed by atoms with E-state index in [-0.39, 0.29) is 22.8 Å². The van der Waals surface area contributed by atoms with Gasteiger partial charge in [0.2, 0.25) is 11.9 Å². The maximum absolute atomic E-state index is 14.1. The Bertz CT molecular complexity index is 1730. The van der Waals surface area contributed by atoms with Gasteiger partial charge in [-0.25, -0.2) is 29.1 Å². The molecule has 1 aliphatic rings. The van der Waals surface area contributed by atoms with E-state index in [0.29, 0.717) is 33.1 Å². The number of aromatic nitrogens is 8. The first kappa shape index (κ1) is 24.9. The van der Waals surface area contributed by atoms with Crippen LogP contribution in [-0.4, -0.2) is 45.2 Å². The van der Waals surface area contributed by atoms with Crippen LogP contribution in [0.1, 0.15) is 43.1 Å². The number of carbonyl (C=O) groups excluding carboxylic acids is 1. The van der Waals surface area contributed by atoms with Crippen molar-refractivity contribution in [2.24, 2.45) is 0 Å². The van der Waals surface area contributed by atoms with Gasteiger partial charge in [-0.1, -0.05) is 11.6 Å². The highest BCUT2D eigenvalue weighted by molar-refractivity contribution is 6.33. The van der Waals surface area contributed by atoms with Crippen LogP contribution >= 0.6 is 11.6 Å². The number of nitrogens with one attached hydrogen (secondary N) is 1. The number of hydrogen-bond donors (Lipinski definition) is 1. The molecular formula is C25H19ClF3N9O. The van der Waals surface area contributed by atoms with Gasteiger partial charge in [0.15, 0.2) is 11.5 Å². The van der Waals surface area contributed by atoms with Crippen LogP contribution in [0.3, 0.4) is 0 Å². The van der Waals surface area contributed by atoms with Crippen LogP contribution in [0.2, 0.25) is 5.02 Å². The van der Waals surface area contributed by atoms with E-state index in [1.54, 1.807) is 25.4 Å². The quantitative estimate of drug-likeness (QED) is 0.339. The van der Waals surface area contributed by atoms with Crippen molar-refractivity contribution in [1.29, 1.82) is 0 Å². The van der Waals surface area contributed by atoms with Crippen molar-refractivity contribution in [1.82, 2.24) is 39.3 Å². The van der Waals surface area contributed by atoms with Crippen LogP contribution in [0.15, 0.2) is 55.2 Å². The number of halogens is 4. The molecule has 0 saturated carbocycles. The fraction of sp³-hybridized carbons (Fsp3) is 0.240. The van der Waals surface area contributed by atoms with Gasteiger partial charge in [-0.05, 0) is 31.5 Å². The maximum Gasteiger partial charge on any atom is 0.340 e. The van der Waals surface area contributed by atoms with Gasteiger partial charge in [-0.15, -0.1) is 5.10 Å². The lowest BCUT2D eigenvalue weighted by molar-refractivity contribution is -0.117. The van der Waals surface area contributed by atoms with Crippen molar-refractivity contribution < 1.29 is 18.0 Å². The highest BCUT2D eigenvalue weighted by atomic mass is 35.5. The zero-order valence-electron chi connectivity index (χ0n) is 20.5. The Hall–Kier alpha value is -4.39. The second kappa shape index (κ2) is 8.83. The molecule has 1 N–H and O–H groups in total. The second-order valence-corrected chi connectivity index (χ2v) is 9.90. The predicted octanol–water partition coefficient (Wildman–Crippen LogP) is 4.57. The average molecular weight is 554 g/mol. The summed E-state index contributed by atoms with van der Waals surface area (Å²) in [7, 11) is 0. The number of fused-ring (bicyclic) bond motifs is 3. The topological polar surface area (TPSA) is 116 Å². The van der Waals surface area contributed by atoms with Gasteiger partial charge in [0, 0.05) is 43.3 Å². The monoisotopic (exact) mass is 553 g/mol. The number of hydrogen-bond acceptors (Lipinski definition) is 7. The van der Waals surface area contributed by atoms with Crippen LogP contribution in [0.5, 0.6) is 0 Å². The van der Waals surface area contributed by atoms with Gasteiger partial charge in [0.05, 0.1) is 39.6 Å². The van der Waals surface area contributed by atoms with Gasteiger partial charge < -0.3 is 5.32 Å². The first-order valence-electron chi connectivity index (χ1n) is 11.8. The Morgan fingerprint density at radius 1 is 1.15 bits per heavy atom. The molecule has 0 radical (unpaired) electrons. The molecule has 5 heterocycles. The molecule has 198 valence electrons. The molecule has 5 aromatic heterocycles. The summed E-state index contributed by atoms with van der Waals surface area (Å²) in [5.41, 5.74) is 1.01. The lowest BCUT2D eigenvalue weighted by atomic mass is 9.82. The van der Waals surface area contributed by atoms with Crippen molar-refractivity contribution in [2.75, 3.05) is 5.32 Å². The molecule has 0 saturated heterocycles. The minimum atomic E-state index is -3.23. The summed E-state index contributed by atoms with van der Waals surface area (Å²) in [5.74, 6) is -1.65. The third-order valence-electron chi connectivity index (χ3n) is 6.75. The van der Waals surface area contributed by atoms with Gasteiger partial charge >= 0.3 is 6.05 Å². The summed E-state index contributed by atoms with van der Waals surface area (Å²) in [4.78, 5) is 30.4. The molecule has 14 heteroatoms. The van der Waals surface area contributed by atoms with Crippen LogP contribution in [-0.2, 0) is 16.3 Å². The number of pyridine rings is 1. The SMILES string of the molecule is CC(F)(F)n1ccc([C@@]2(C)C[C@@H](C(=O)Nc3cnc(-c4ncccn4)c(Cl)c3)c3cnc4cc(F)nn4c32)n1. The first-order valence-corrected chi connectivity index (χ1v) is 12.2. The Morgan fingerprint density at radius 3 is 2.62 bits per heavy atom. The Kier molecular flexibility index (Phi) is 5.64. The first-order chi connectivity index (χ1) is 18.5. The van der Waals surface area contributed by atoms with Crippen molar-refractivity contribution >= 4 is 28.8 Å². The molecule has 0 unspecified atom stereocenters. The highest BCUT2D eigenvalue weighted by Crippen LogP contribution is 2.49. The summed E-state index contributed by atoms with van der Waals surface area (Å²) >= 11 is 6.40. The fourth-order valence-corrected chi connectivity index (χ4v) is 5.21. The number of amides is 1. The van der Waals surface area contributed by atoms with Crippen molar-refractivity contribution in [3.8, 4) is 11.5 Å². The largest absolute Gasteiger partial charge is 0.340 e. The third-order valence-corrected chi connectivity index (χ3v) is 7.04. The molecule has 0 aliphatic heterocycles. The number of carbonyl (C=O) groups is 1. The Morgan fingerprint density at radius 2 is 1.92 bits per heavy atom. The smallest absolute Gasteiger partial charge is 0.324 e. The van der Waals surface area contributed by atoms with E-state index in [0.717, 1.165) is 13.0 Å². The van der Waals surface area contributed by atoms with Gasteiger partial charge in [-0.2, -0.15) is 18.3 Å². The van der Waals surface area contributed by atoms with Crippen molar-refractivity contribution in [2.45, 2.75) is 37.6 Å². The average Bonchev–Trinajstić information content (AvgIpc) is 3.60. The van der Waals surface area contributed by atoms with E-state index >= 15 is 0 Å². The molecule has 1 amide bonds. The second-order valence-electron chi connectivity index (χ2n) is 9.49. The minimum Gasteiger partial charge on any atom is -0.324 e. The van der Waals surface area contributed by atoms with E-state index in [4.69, 9.17) is 11.6 Å². The van der Waals surface area contributed by atoms with E-state index in [1.165, 1.54) is 35.2 Å². The van der Waals surface area contributed by atoms with Crippen LogP contribution in [0, 0.1) is 5.95 Å². The lowest BCUT2D eigenvalue weighted by Crippen LogP contribution is -2.27.